The van der Waals surface area contributed by atoms with E-state index in [-0.39, 0.29) is 5.78 Å². The summed E-state index contributed by atoms with van der Waals surface area (Å²) in [6.07, 6.45) is 14.8. The predicted octanol–water partition coefficient (Wildman–Crippen LogP) is 5.03. The average Bonchev–Trinajstić information content (AvgIpc) is 3.14. The molecular weight excluding hydrogens is 338 g/mol. The molecule has 2 rings (SSSR count). The fourth-order valence-electron chi connectivity index (χ4n) is 3.79. The van der Waals surface area contributed by atoms with Crippen molar-refractivity contribution in [3.63, 3.8) is 0 Å². The molecule has 5 nitrogen and oxygen atoms in total. The van der Waals surface area contributed by atoms with Crippen LogP contribution in [0.3, 0.4) is 0 Å². The number of carbonyl (C=O) groups excluding carboxylic acids is 2. The lowest BCUT2D eigenvalue weighted by Gasteiger charge is -2.32. The first-order valence-corrected chi connectivity index (χ1v) is 10.8. The third-order valence-corrected chi connectivity index (χ3v) is 5.62. The Morgan fingerprint density at radius 3 is 2.30 bits per heavy atom. The van der Waals surface area contributed by atoms with Gasteiger partial charge in [-0.3, -0.25) is 14.3 Å². The Hall–Kier alpha value is -1.65. The Balaban J connectivity index is 1.57. The zero-order chi connectivity index (χ0) is 19.6. The number of unbranched alkanes of at least 4 members (excludes halogenated alkanes) is 5. The minimum Gasteiger partial charge on any atom is -0.343 e. The first-order valence-electron chi connectivity index (χ1n) is 10.8. The largest absolute Gasteiger partial charge is 0.343 e. The summed E-state index contributed by atoms with van der Waals surface area (Å²) >= 11 is 0. The van der Waals surface area contributed by atoms with Crippen molar-refractivity contribution in [3.8, 4) is 0 Å². The Morgan fingerprint density at radius 1 is 1.07 bits per heavy atom. The summed E-state index contributed by atoms with van der Waals surface area (Å²) < 4.78 is 1.90. The molecule has 1 fully saturated rings. The van der Waals surface area contributed by atoms with Crippen LogP contribution in [-0.2, 0) is 4.79 Å². The number of nitrogens with zero attached hydrogens (tertiary/aromatic N) is 3. The van der Waals surface area contributed by atoms with Crippen molar-refractivity contribution in [1.82, 2.24) is 14.7 Å². The lowest BCUT2D eigenvalue weighted by atomic mass is 10.0. The van der Waals surface area contributed by atoms with Gasteiger partial charge in [-0.2, -0.15) is 5.10 Å². The van der Waals surface area contributed by atoms with Crippen LogP contribution in [0, 0.1) is 5.92 Å². The zero-order valence-corrected chi connectivity index (χ0v) is 17.5. The molecular formula is C22H37N3O2. The molecule has 0 spiro atoms. The Morgan fingerprint density at radius 2 is 1.70 bits per heavy atom. The van der Waals surface area contributed by atoms with Gasteiger partial charge in [0, 0.05) is 25.7 Å². The molecule has 2 heterocycles. The summed E-state index contributed by atoms with van der Waals surface area (Å²) in [4.78, 5) is 25.8. The van der Waals surface area contributed by atoms with E-state index in [4.69, 9.17) is 0 Å². The molecule has 0 radical (unpaired) electrons. The van der Waals surface area contributed by atoms with E-state index in [9.17, 15) is 9.59 Å². The van der Waals surface area contributed by atoms with Crippen LogP contribution in [-0.4, -0.2) is 39.5 Å². The fraction of sp³-hybridized carbons (Fsp3) is 0.773. The van der Waals surface area contributed by atoms with Crippen LogP contribution in [0.5, 0.6) is 0 Å². The minimum atomic E-state index is 0.0498. The molecule has 0 aliphatic carbocycles. The second-order valence-electron chi connectivity index (χ2n) is 8.43. The summed E-state index contributed by atoms with van der Waals surface area (Å²) in [6, 6.07) is 0.299. The van der Waals surface area contributed by atoms with Crippen LogP contribution in [0.2, 0.25) is 0 Å². The number of likely N-dealkylation sites (tertiary alicyclic amines) is 1. The van der Waals surface area contributed by atoms with Crippen molar-refractivity contribution in [3.05, 3.63) is 18.0 Å². The van der Waals surface area contributed by atoms with E-state index in [0.29, 0.717) is 23.9 Å². The smallest absolute Gasteiger partial charge is 0.222 e. The lowest BCUT2D eigenvalue weighted by Crippen LogP contribution is -2.39. The van der Waals surface area contributed by atoms with Gasteiger partial charge in [0.15, 0.2) is 5.78 Å². The van der Waals surface area contributed by atoms with Crippen molar-refractivity contribution in [1.29, 1.82) is 0 Å². The monoisotopic (exact) mass is 375 g/mol. The number of ketones is 1. The van der Waals surface area contributed by atoms with Crippen LogP contribution in [0.4, 0.5) is 0 Å². The average molecular weight is 376 g/mol. The van der Waals surface area contributed by atoms with Gasteiger partial charge in [0.25, 0.3) is 0 Å². The highest BCUT2D eigenvalue weighted by atomic mass is 16.2. The van der Waals surface area contributed by atoms with Gasteiger partial charge in [-0.1, -0.05) is 52.4 Å². The molecule has 0 saturated carbocycles. The van der Waals surface area contributed by atoms with E-state index in [0.717, 1.165) is 38.3 Å². The maximum atomic E-state index is 12.4. The Labute approximate surface area is 164 Å². The summed E-state index contributed by atoms with van der Waals surface area (Å²) in [7, 11) is 0. The van der Waals surface area contributed by atoms with Crippen molar-refractivity contribution >= 4 is 11.7 Å². The minimum absolute atomic E-state index is 0.0498. The molecule has 0 aromatic carbocycles. The first kappa shape index (κ1) is 21.6. The molecule has 0 bridgehead atoms. The molecule has 152 valence electrons. The molecule has 1 amide bonds. The number of carbonyl (C=O) groups is 2. The standard InChI is InChI=1S/C22H37N3O2/c1-18(2)10-8-6-4-5-7-9-11-22(27)24-14-12-21(13-15-24)25-17-20(16-23-25)19(3)26/h16-18,21H,4-15H2,1-3H3. The normalized spacial score (nSPS) is 15.5. The molecule has 27 heavy (non-hydrogen) atoms. The zero-order valence-electron chi connectivity index (χ0n) is 17.5. The summed E-state index contributed by atoms with van der Waals surface area (Å²) in [5, 5.41) is 4.32. The number of piperidine rings is 1. The highest BCUT2D eigenvalue weighted by Crippen LogP contribution is 2.23. The van der Waals surface area contributed by atoms with Crippen LogP contribution >= 0.6 is 0 Å². The first-order chi connectivity index (χ1) is 13.0. The third kappa shape index (κ3) is 7.47. The predicted molar refractivity (Wildman–Crippen MR) is 109 cm³/mol. The Kier molecular flexibility index (Phi) is 9.02. The topological polar surface area (TPSA) is 55.2 Å². The van der Waals surface area contributed by atoms with Crippen LogP contribution in [0.1, 0.15) is 101 Å². The van der Waals surface area contributed by atoms with Gasteiger partial charge < -0.3 is 4.90 Å². The maximum Gasteiger partial charge on any atom is 0.222 e. The van der Waals surface area contributed by atoms with E-state index in [1.165, 1.54) is 38.5 Å². The number of rotatable bonds is 11. The molecule has 5 heteroatoms. The van der Waals surface area contributed by atoms with Crippen LogP contribution in [0.15, 0.2) is 12.4 Å². The maximum absolute atomic E-state index is 12.4. The molecule has 1 saturated heterocycles. The molecule has 0 N–H and O–H groups in total. The summed E-state index contributed by atoms with van der Waals surface area (Å²) in [6.45, 7) is 7.73. The van der Waals surface area contributed by atoms with Gasteiger partial charge in [0.05, 0.1) is 17.8 Å². The summed E-state index contributed by atoms with van der Waals surface area (Å²) in [5.41, 5.74) is 0.665. The van der Waals surface area contributed by atoms with Crippen molar-refractivity contribution < 1.29 is 9.59 Å². The summed E-state index contributed by atoms with van der Waals surface area (Å²) in [5.74, 6) is 1.17. The number of Topliss-reactive ketones (excluding diaryl/α,β-unsaturated/α-hetero) is 1. The third-order valence-electron chi connectivity index (χ3n) is 5.62. The Bertz CT molecular complexity index is 586. The van der Waals surface area contributed by atoms with Gasteiger partial charge in [-0.05, 0) is 32.1 Å². The SMILES string of the molecule is CC(=O)c1cnn(C2CCN(C(=O)CCCCCCCCC(C)C)CC2)c1. The van der Waals surface area contributed by atoms with E-state index in [1.54, 1.807) is 13.1 Å². The number of hydrogen-bond acceptors (Lipinski definition) is 3. The lowest BCUT2D eigenvalue weighted by molar-refractivity contribution is -0.132. The molecule has 0 unspecified atom stereocenters. The molecule has 1 aliphatic heterocycles. The highest BCUT2D eigenvalue weighted by molar-refractivity contribution is 5.93. The van der Waals surface area contributed by atoms with Gasteiger partial charge in [-0.25, -0.2) is 0 Å². The highest BCUT2D eigenvalue weighted by Gasteiger charge is 2.24. The number of amides is 1. The van der Waals surface area contributed by atoms with Crippen LogP contribution < -0.4 is 0 Å². The van der Waals surface area contributed by atoms with E-state index in [1.807, 2.05) is 15.8 Å². The number of aromatic nitrogens is 2. The second-order valence-corrected chi connectivity index (χ2v) is 8.43. The van der Waals surface area contributed by atoms with Gasteiger partial charge >= 0.3 is 0 Å². The number of hydrogen-bond donors (Lipinski definition) is 0. The van der Waals surface area contributed by atoms with Crippen molar-refractivity contribution in [2.75, 3.05) is 13.1 Å². The molecule has 0 atom stereocenters. The quantitative estimate of drug-likeness (QED) is 0.403. The van der Waals surface area contributed by atoms with Crippen LogP contribution in [0.25, 0.3) is 0 Å². The molecule has 1 aliphatic rings. The second kappa shape index (κ2) is 11.3. The van der Waals surface area contributed by atoms with Gasteiger partial charge in [0.2, 0.25) is 5.91 Å². The van der Waals surface area contributed by atoms with E-state index >= 15 is 0 Å². The van der Waals surface area contributed by atoms with Gasteiger partial charge in [0.1, 0.15) is 0 Å². The van der Waals surface area contributed by atoms with Crippen molar-refractivity contribution in [2.24, 2.45) is 5.92 Å². The molecule has 1 aromatic rings. The van der Waals surface area contributed by atoms with Gasteiger partial charge in [-0.15, -0.1) is 0 Å². The van der Waals surface area contributed by atoms with E-state index < -0.39 is 0 Å². The fourth-order valence-corrected chi connectivity index (χ4v) is 3.79. The van der Waals surface area contributed by atoms with E-state index in [2.05, 4.69) is 18.9 Å². The molecule has 1 aromatic heterocycles. The van der Waals surface area contributed by atoms with Crippen molar-refractivity contribution in [2.45, 2.75) is 91.0 Å².